The first-order valence-electron chi connectivity index (χ1n) is 5.92. The van der Waals surface area contributed by atoms with Gasteiger partial charge in [-0.05, 0) is 52.7 Å². The van der Waals surface area contributed by atoms with Crippen LogP contribution < -0.4 is 11.1 Å². The third kappa shape index (κ3) is 3.70. The molecule has 1 aliphatic carbocycles. The summed E-state index contributed by atoms with van der Waals surface area (Å²) in [5.41, 5.74) is 5.69. The Hall–Kier alpha value is -0.100. The second-order valence-electron chi connectivity index (χ2n) is 4.44. The molecule has 0 saturated heterocycles. The number of carbonyl (C=O) groups excluding carboxylic acids is 1. The lowest BCUT2D eigenvalue weighted by Crippen LogP contribution is -2.34. The Balaban J connectivity index is 0.00000162. The molecule has 102 valence electrons. The van der Waals surface area contributed by atoms with Crippen molar-refractivity contribution in [3.8, 4) is 0 Å². The van der Waals surface area contributed by atoms with Crippen molar-refractivity contribution in [3.05, 3.63) is 20.8 Å². The maximum Gasteiger partial charge on any atom is 0.223 e. The highest BCUT2D eigenvalue weighted by Gasteiger charge is 2.31. The normalized spacial score (nSPS) is 22.6. The van der Waals surface area contributed by atoms with Crippen LogP contribution in [0.3, 0.4) is 0 Å². The van der Waals surface area contributed by atoms with Crippen molar-refractivity contribution in [2.45, 2.75) is 25.8 Å². The smallest absolute Gasteiger partial charge is 0.223 e. The molecule has 1 aromatic rings. The van der Waals surface area contributed by atoms with E-state index >= 15 is 0 Å². The number of hydrogen-bond acceptors (Lipinski definition) is 3. The number of nitrogens with two attached hydrogens (primary N) is 1. The van der Waals surface area contributed by atoms with E-state index in [2.05, 4.69) is 21.2 Å². The van der Waals surface area contributed by atoms with E-state index in [1.807, 2.05) is 11.4 Å². The van der Waals surface area contributed by atoms with Crippen LogP contribution in [0.4, 0.5) is 0 Å². The molecule has 2 atom stereocenters. The van der Waals surface area contributed by atoms with Gasteiger partial charge < -0.3 is 11.1 Å². The van der Waals surface area contributed by atoms with Crippen LogP contribution in [0.25, 0.3) is 0 Å². The van der Waals surface area contributed by atoms with E-state index in [4.69, 9.17) is 5.73 Å². The Bertz CT molecular complexity index is 399. The zero-order chi connectivity index (χ0) is 12.3. The standard InChI is InChI=1S/C12H17BrN2OS.ClH/c13-10-4-5-17-11(10)7-15-12(16)9-3-1-2-8(9)6-14;/h4-5,8-9H,1-3,6-7,14H2,(H,15,16);1H/t8-,9-;/m1./s1. The third-order valence-electron chi connectivity index (χ3n) is 3.41. The first-order valence-corrected chi connectivity index (χ1v) is 7.59. The zero-order valence-corrected chi connectivity index (χ0v) is 13.2. The molecule has 18 heavy (non-hydrogen) atoms. The van der Waals surface area contributed by atoms with Gasteiger partial charge in [0.05, 0.1) is 6.54 Å². The van der Waals surface area contributed by atoms with Crippen LogP contribution in [-0.4, -0.2) is 12.5 Å². The maximum absolute atomic E-state index is 12.0. The zero-order valence-electron chi connectivity index (χ0n) is 10.0. The molecule has 0 aliphatic heterocycles. The summed E-state index contributed by atoms with van der Waals surface area (Å²) in [7, 11) is 0. The fourth-order valence-electron chi connectivity index (χ4n) is 2.41. The average molecular weight is 354 g/mol. The topological polar surface area (TPSA) is 55.1 Å². The molecule has 0 unspecified atom stereocenters. The van der Waals surface area contributed by atoms with Gasteiger partial charge in [-0.25, -0.2) is 0 Å². The Morgan fingerprint density at radius 2 is 2.33 bits per heavy atom. The molecule has 3 nitrogen and oxygen atoms in total. The van der Waals surface area contributed by atoms with E-state index in [0.29, 0.717) is 19.0 Å². The van der Waals surface area contributed by atoms with E-state index in [1.54, 1.807) is 11.3 Å². The number of rotatable bonds is 4. The number of carbonyl (C=O) groups is 1. The number of hydrogen-bond donors (Lipinski definition) is 2. The number of amides is 1. The van der Waals surface area contributed by atoms with Gasteiger partial charge in [0, 0.05) is 15.3 Å². The second kappa shape index (κ2) is 7.48. The fraction of sp³-hybridized carbons (Fsp3) is 0.583. The van der Waals surface area contributed by atoms with Gasteiger partial charge in [-0.2, -0.15) is 0 Å². The monoisotopic (exact) mass is 352 g/mol. The summed E-state index contributed by atoms with van der Waals surface area (Å²) < 4.78 is 1.07. The highest BCUT2D eigenvalue weighted by molar-refractivity contribution is 9.10. The average Bonchev–Trinajstić information content (AvgIpc) is 2.94. The van der Waals surface area contributed by atoms with Crippen molar-refractivity contribution in [1.82, 2.24) is 5.32 Å². The summed E-state index contributed by atoms with van der Waals surface area (Å²) in [5, 5.41) is 5.04. The minimum absolute atomic E-state index is 0. The first-order chi connectivity index (χ1) is 8.22. The molecule has 0 aromatic carbocycles. The van der Waals surface area contributed by atoms with Gasteiger partial charge in [-0.1, -0.05) is 6.42 Å². The maximum atomic E-state index is 12.0. The van der Waals surface area contributed by atoms with Gasteiger partial charge in [0.25, 0.3) is 0 Å². The van der Waals surface area contributed by atoms with E-state index in [0.717, 1.165) is 23.7 Å². The number of thiophene rings is 1. The molecular weight excluding hydrogens is 336 g/mol. The van der Waals surface area contributed by atoms with Crippen molar-refractivity contribution in [2.24, 2.45) is 17.6 Å². The van der Waals surface area contributed by atoms with Gasteiger partial charge in [-0.3, -0.25) is 4.79 Å². The second-order valence-corrected chi connectivity index (χ2v) is 6.30. The summed E-state index contributed by atoms with van der Waals surface area (Å²) in [4.78, 5) is 13.2. The van der Waals surface area contributed by atoms with Crippen molar-refractivity contribution in [3.63, 3.8) is 0 Å². The predicted molar refractivity (Wildman–Crippen MR) is 81.0 cm³/mol. The van der Waals surface area contributed by atoms with Crippen molar-refractivity contribution < 1.29 is 4.79 Å². The lowest BCUT2D eigenvalue weighted by molar-refractivity contribution is -0.126. The van der Waals surface area contributed by atoms with Crippen LogP contribution in [0.2, 0.25) is 0 Å². The quantitative estimate of drug-likeness (QED) is 0.874. The van der Waals surface area contributed by atoms with E-state index in [9.17, 15) is 4.79 Å². The summed E-state index contributed by atoms with van der Waals surface area (Å²) in [5.74, 6) is 0.666. The van der Waals surface area contributed by atoms with Crippen LogP contribution in [0.5, 0.6) is 0 Å². The first kappa shape index (κ1) is 16.0. The summed E-state index contributed by atoms with van der Waals surface area (Å²) in [6.45, 7) is 1.24. The molecular formula is C12H18BrClN2OS. The van der Waals surface area contributed by atoms with Crippen LogP contribution in [-0.2, 0) is 11.3 Å². The van der Waals surface area contributed by atoms with Crippen molar-refractivity contribution in [2.75, 3.05) is 6.54 Å². The minimum atomic E-state index is 0. The Labute approximate surface area is 126 Å². The fourth-order valence-corrected chi connectivity index (χ4v) is 3.85. The highest BCUT2D eigenvalue weighted by atomic mass is 79.9. The summed E-state index contributed by atoms with van der Waals surface area (Å²) in [6.07, 6.45) is 3.21. The van der Waals surface area contributed by atoms with Gasteiger partial charge in [-0.15, -0.1) is 23.7 Å². The summed E-state index contributed by atoms with van der Waals surface area (Å²) >= 11 is 5.12. The predicted octanol–water partition coefficient (Wildman–Crippen LogP) is 2.92. The Morgan fingerprint density at radius 1 is 1.56 bits per heavy atom. The minimum Gasteiger partial charge on any atom is -0.351 e. The van der Waals surface area contributed by atoms with Crippen molar-refractivity contribution >= 4 is 45.6 Å². The lowest BCUT2D eigenvalue weighted by Gasteiger charge is -2.17. The largest absolute Gasteiger partial charge is 0.351 e. The number of halogens is 2. The molecule has 1 amide bonds. The van der Waals surface area contributed by atoms with Gasteiger partial charge in [0.2, 0.25) is 5.91 Å². The van der Waals surface area contributed by atoms with Gasteiger partial charge in [0.1, 0.15) is 0 Å². The van der Waals surface area contributed by atoms with E-state index in [-0.39, 0.29) is 24.2 Å². The van der Waals surface area contributed by atoms with E-state index in [1.165, 1.54) is 4.88 Å². The van der Waals surface area contributed by atoms with Crippen LogP contribution >= 0.6 is 39.7 Å². The molecule has 3 N–H and O–H groups in total. The molecule has 1 aliphatic rings. The Morgan fingerprint density at radius 3 is 2.94 bits per heavy atom. The molecule has 1 heterocycles. The molecule has 2 rings (SSSR count). The lowest BCUT2D eigenvalue weighted by atomic mass is 9.95. The van der Waals surface area contributed by atoms with Crippen LogP contribution in [0.15, 0.2) is 15.9 Å². The third-order valence-corrected chi connectivity index (χ3v) is 5.34. The molecule has 1 fully saturated rings. The number of nitrogens with one attached hydrogen (secondary N) is 1. The molecule has 0 spiro atoms. The molecule has 0 bridgehead atoms. The Kier molecular flexibility index (Phi) is 6.63. The SMILES string of the molecule is Cl.NC[C@H]1CCC[C@H]1C(=O)NCc1sccc1Br. The molecule has 1 saturated carbocycles. The molecule has 6 heteroatoms. The van der Waals surface area contributed by atoms with Gasteiger partial charge in [0.15, 0.2) is 0 Å². The highest BCUT2D eigenvalue weighted by Crippen LogP contribution is 2.31. The summed E-state index contributed by atoms with van der Waals surface area (Å²) in [6, 6.07) is 2.00. The molecule has 0 radical (unpaired) electrons. The van der Waals surface area contributed by atoms with Gasteiger partial charge >= 0.3 is 0 Å². The van der Waals surface area contributed by atoms with E-state index < -0.39 is 0 Å². The molecule has 1 aromatic heterocycles. The van der Waals surface area contributed by atoms with Crippen LogP contribution in [0, 0.1) is 11.8 Å². The van der Waals surface area contributed by atoms with Crippen LogP contribution in [0.1, 0.15) is 24.1 Å². The van der Waals surface area contributed by atoms with Crippen molar-refractivity contribution in [1.29, 1.82) is 0 Å².